The standard InChI is InChI=1S/C12H22/c1-6-10(4)11(5)9-12(7-2)8-3/h7H,6,8-9H2,1-5H3. The van der Waals surface area contributed by atoms with Crippen molar-refractivity contribution in [3.8, 4) is 0 Å². The minimum Gasteiger partial charge on any atom is -0.0881 e. The largest absolute Gasteiger partial charge is 0.0881 e. The van der Waals surface area contributed by atoms with Crippen molar-refractivity contribution in [3.63, 3.8) is 0 Å². The highest BCUT2D eigenvalue weighted by Gasteiger charge is 1.97. The third-order valence-electron chi connectivity index (χ3n) is 2.61. The lowest BCUT2D eigenvalue weighted by molar-refractivity contribution is 0.943. The average Bonchev–Trinajstić information content (AvgIpc) is 2.12. The van der Waals surface area contributed by atoms with E-state index in [4.69, 9.17) is 0 Å². The summed E-state index contributed by atoms with van der Waals surface area (Å²) in [6.45, 7) is 11.1. The van der Waals surface area contributed by atoms with Crippen LogP contribution < -0.4 is 0 Å². The molecule has 0 atom stereocenters. The van der Waals surface area contributed by atoms with Crippen LogP contribution in [0.5, 0.6) is 0 Å². The Morgan fingerprint density at radius 3 is 1.92 bits per heavy atom. The number of allylic oxidation sites excluding steroid dienone is 4. The Morgan fingerprint density at radius 2 is 1.58 bits per heavy atom. The van der Waals surface area contributed by atoms with Crippen molar-refractivity contribution in [3.05, 3.63) is 22.8 Å². The first-order valence-corrected chi connectivity index (χ1v) is 4.94. The molecule has 0 saturated carbocycles. The lowest BCUT2D eigenvalue weighted by Gasteiger charge is -2.07. The van der Waals surface area contributed by atoms with Gasteiger partial charge in [0.25, 0.3) is 0 Å². The lowest BCUT2D eigenvalue weighted by atomic mass is 9.99. The molecule has 0 aliphatic heterocycles. The van der Waals surface area contributed by atoms with Gasteiger partial charge in [0.1, 0.15) is 0 Å². The van der Waals surface area contributed by atoms with Crippen molar-refractivity contribution in [1.82, 2.24) is 0 Å². The van der Waals surface area contributed by atoms with Gasteiger partial charge < -0.3 is 0 Å². The molecular formula is C12H22. The molecule has 0 unspecified atom stereocenters. The minimum atomic E-state index is 1.17. The molecule has 0 aliphatic carbocycles. The van der Waals surface area contributed by atoms with Crippen LogP contribution in [0.4, 0.5) is 0 Å². The predicted octanol–water partition coefficient (Wildman–Crippen LogP) is 4.48. The van der Waals surface area contributed by atoms with Crippen molar-refractivity contribution >= 4 is 0 Å². The van der Waals surface area contributed by atoms with Crippen LogP contribution in [0.3, 0.4) is 0 Å². The summed E-state index contributed by atoms with van der Waals surface area (Å²) < 4.78 is 0. The van der Waals surface area contributed by atoms with Crippen LogP contribution in [-0.2, 0) is 0 Å². The second kappa shape index (κ2) is 6.05. The van der Waals surface area contributed by atoms with E-state index in [0.29, 0.717) is 0 Å². The molecular weight excluding hydrogens is 144 g/mol. The summed E-state index contributed by atoms with van der Waals surface area (Å²) in [5.74, 6) is 0. The van der Waals surface area contributed by atoms with Gasteiger partial charge in [-0.05, 0) is 40.0 Å². The molecule has 0 heterocycles. The third kappa shape index (κ3) is 3.75. The van der Waals surface area contributed by atoms with Crippen molar-refractivity contribution < 1.29 is 0 Å². The molecule has 70 valence electrons. The van der Waals surface area contributed by atoms with Crippen molar-refractivity contribution in [2.75, 3.05) is 0 Å². The quantitative estimate of drug-likeness (QED) is 0.540. The first kappa shape index (κ1) is 11.5. The van der Waals surface area contributed by atoms with E-state index in [-0.39, 0.29) is 0 Å². The van der Waals surface area contributed by atoms with E-state index >= 15 is 0 Å². The fraction of sp³-hybridized carbons (Fsp3) is 0.667. The molecule has 0 radical (unpaired) electrons. The maximum absolute atomic E-state index is 2.25. The Hall–Kier alpha value is -0.520. The Bertz CT molecular complexity index is 182. The van der Waals surface area contributed by atoms with Crippen LogP contribution in [0.2, 0.25) is 0 Å². The highest BCUT2D eigenvalue weighted by Crippen LogP contribution is 2.18. The molecule has 0 aromatic carbocycles. The first-order valence-electron chi connectivity index (χ1n) is 4.94. The molecule has 0 nitrogen and oxygen atoms in total. The normalized spacial score (nSPS) is 14.6. The summed E-state index contributed by atoms with van der Waals surface area (Å²) in [5, 5.41) is 0. The van der Waals surface area contributed by atoms with E-state index in [1.807, 2.05) is 0 Å². The molecule has 0 amide bonds. The molecule has 12 heavy (non-hydrogen) atoms. The second-order valence-corrected chi connectivity index (χ2v) is 3.39. The molecule has 0 heteroatoms. The highest BCUT2D eigenvalue weighted by molar-refractivity contribution is 5.17. The van der Waals surface area contributed by atoms with Gasteiger partial charge in [0, 0.05) is 0 Å². The fourth-order valence-electron chi connectivity index (χ4n) is 1.22. The second-order valence-electron chi connectivity index (χ2n) is 3.39. The Morgan fingerprint density at radius 1 is 1.00 bits per heavy atom. The maximum atomic E-state index is 2.25. The number of rotatable bonds is 4. The summed E-state index contributed by atoms with van der Waals surface area (Å²) in [6.07, 6.45) is 5.79. The summed E-state index contributed by atoms with van der Waals surface area (Å²) in [6, 6.07) is 0. The Labute approximate surface area is 77.4 Å². The van der Waals surface area contributed by atoms with Crippen LogP contribution in [0.15, 0.2) is 22.8 Å². The van der Waals surface area contributed by atoms with Gasteiger partial charge in [-0.3, -0.25) is 0 Å². The molecule has 0 aliphatic rings. The van der Waals surface area contributed by atoms with Crippen LogP contribution in [0.1, 0.15) is 53.9 Å². The van der Waals surface area contributed by atoms with Crippen LogP contribution >= 0.6 is 0 Å². The van der Waals surface area contributed by atoms with E-state index in [1.165, 1.54) is 19.3 Å². The van der Waals surface area contributed by atoms with E-state index < -0.39 is 0 Å². The maximum Gasteiger partial charge on any atom is -0.0109 e. The molecule has 0 aromatic rings. The van der Waals surface area contributed by atoms with Gasteiger partial charge in [-0.2, -0.15) is 0 Å². The average molecular weight is 166 g/mol. The number of hydrogen-bond acceptors (Lipinski definition) is 0. The van der Waals surface area contributed by atoms with Crippen LogP contribution in [0.25, 0.3) is 0 Å². The van der Waals surface area contributed by atoms with Gasteiger partial charge in [-0.25, -0.2) is 0 Å². The van der Waals surface area contributed by atoms with Gasteiger partial charge in [-0.15, -0.1) is 0 Å². The van der Waals surface area contributed by atoms with Gasteiger partial charge in [0.05, 0.1) is 0 Å². The Kier molecular flexibility index (Phi) is 5.79. The minimum absolute atomic E-state index is 1.17. The SMILES string of the molecule is CC=C(CC)CC(C)=C(C)CC. The van der Waals surface area contributed by atoms with Gasteiger partial charge in [0.2, 0.25) is 0 Å². The van der Waals surface area contributed by atoms with Gasteiger partial charge in [0.15, 0.2) is 0 Å². The zero-order valence-electron chi connectivity index (χ0n) is 9.20. The van der Waals surface area contributed by atoms with Crippen molar-refractivity contribution in [2.24, 2.45) is 0 Å². The predicted molar refractivity (Wildman–Crippen MR) is 57.3 cm³/mol. The third-order valence-corrected chi connectivity index (χ3v) is 2.61. The first-order chi connectivity index (χ1) is 5.65. The molecule has 0 rings (SSSR count). The van der Waals surface area contributed by atoms with Crippen LogP contribution in [-0.4, -0.2) is 0 Å². The molecule has 0 fully saturated rings. The van der Waals surface area contributed by atoms with Gasteiger partial charge in [-0.1, -0.05) is 36.6 Å². The molecule has 0 N–H and O–H groups in total. The zero-order valence-corrected chi connectivity index (χ0v) is 9.20. The summed E-state index contributed by atoms with van der Waals surface area (Å²) in [7, 11) is 0. The molecule has 0 spiro atoms. The molecule has 0 bridgehead atoms. The monoisotopic (exact) mass is 166 g/mol. The smallest absolute Gasteiger partial charge is 0.0109 e. The molecule has 0 aromatic heterocycles. The Balaban J connectivity index is 4.25. The van der Waals surface area contributed by atoms with E-state index in [2.05, 4.69) is 40.7 Å². The van der Waals surface area contributed by atoms with E-state index in [9.17, 15) is 0 Å². The molecule has 0 saturated heterocycles. The lowest BCUT2D eigenvalue weighted by Crippen LogP contribution is -1.87. The van der Waals surface area contributed by atoms with E-state index in [1.54, 1.807) is 16.7 Å². The summed E-state index contributed by atoms with van der Waals surface area (Å²) in [4.78, 5) is 0. The summed E-state index contributed by atoms with van der Waals surface area (Å²) >= 11 is 0. The van der Waals surface area contributed by atoms with Crippen molar-refractivity contribution in [1.29, 1.82) is 0 Å². The van der Waals surface area contributed by atoms with Crippen LogP contribution in [0, 0.1) is 0 Å². The summed E-state index contributed by atoms with van der Waals surface area (Å²) in [5.41, 5.74) is 4.65. The fourth-order valence-corrected chi connectivity index (χ4v) is 1.22. The topological polar surface area (TPSA) is 0 Å². The number of hydrogen-bond donors (Lipinski definition) is 0. The highest BCUT2D eigenvalue weighted by atomic mass is 14.0. The van der Waals surface area contributed by atoms with Gasteiger partial charge >= 0.3 is 0 Å². The zero-order chi connectivity index (χ0) is 9.56. The van der Waals surface area contributed by atoms with E-state index in [0.717, 1.165) is 0 Å². The van der Waals surface area contributed by atoms with Crippen molar-refractivity contribution in [2.45, 2.75) is 53.9 Å².